The molecule has 1 aromatic carbocycles. The molecule has 1 saturated carbocycles. The van der Waals surface area contributed by atoms with E-state index in [0.29, 0.717) is 17.4 Å². The highest BCUT2D eigenvalue weighted by Crippen LogP contribution is 2.46. The predicted molar refractivity (Wildman–Crippen MR) is 83.8 cm³/mol. The van der Waals surface area contributed by atoms with Crippen LogP contribution in [0.4, 0.5) is 0 Å². The molecule has 7 nitrogen and oxygen atoms in total. The van der Waals surface area contributed by atoms with Crippen molar-refractivity contribution in [3.63, 3.8) is 0 Å². The Kier molecular flexibility index (Phi) is 5.03. The zero-order chi connectivity index (χ0) is 17.2. The van der Waals surface area contributed by atoms with Crippen molar-refractivity contribution in [1.29, 1.82) is 0 Å². The summed E-state index contributed by atoms with van der Waals surface area (Å²) in [6.07, 6.45) is 0.960. The molecule has 1 aliphatic rings. The van der Waals surface area contributed by atoms with E-state index in [4.69, 9.17) is 16.0 Å². The summed E-state index contributed by atoms with van der Waals surface area (Å²) >= 11 is 0. The Bertz CT molecular complexity index is 580. The number of amides is 2. The molecule has 0 heterocycles. The number of rotatable bonds is 6. The minimum Gasteiger partial charge on any atom is -0.396 e. The van der Waals surface area contributed by atoms with Crippen molar-refractivity contribution in [1.82, 2.24) is 10.8 Å². The van der Waals surface area contributed by atoms with E-state index in [1.807, 2.05) is 12.1 Å². The number of hydrogen-bond acceptors (Lipinski definition) is 5. The van der Waals surface area contributed by atoms with Crippen molar-refractivity contribution in [3.05, 3.63) is 35.4 Å². The van der Waals surface area contributed by atoms with Gasteiger partial charge in [-0.1, -0.05) is 12.1 Å². The Morgan fingerprint density at radius 1 is 1.35 bits per heavy atom. The summed E-state index contributed by atoms with van der Waals surface area (Å²) in [7, 11) is 0. The molecule has 23 heavy (non-hydrogen) atoms. The van der Waals surface area contributed by atoms with Crippen LogP contribution < -0.4 is 16.5 Å². The second-order valence-electron chi connectivity index (χ2n) is 6.61. The van der Waals surface area contributed by atoms with Gasteiger partial charge >= 0.3 is 0 Å². The van der Waals surface area contributed by atoms with E-state index in [9.17, 15) is 9.59 Å². The van der Waals surface area contributed by atoms with Crippen LogP contribution in [-0.4, -0.2) is 40.3 Å². The van der Waals surface area contributed by atoms with Crippen LogP contribution in [0.15, 0.2) is 24.3 Å². The maximum absolute atomic E-state index is 12.3. The SMILES string of the molecule is CC(C)(N)[C@H](NC(=O)c1ccc(C2CC2CO)cc1)C(=O)NO. The lowest BCUT2D eigenvalue weighted by molar-refractivity contribution is -0.132. The van der Waals surface area contributed by atoms with E-state index >= 15 is 0 Å². The number of hydroxylamine groups is 1. The van der Waals surface area contributed by atoms with E-state index in [2.05, 4.69) is 5.32 Å². The van der Waals surface area contributed by atoms with Crippen molar-refractivity contribution in [3.8, 4) is 0 Å². The van der Waals surface area contributed by atoms with Gasteiger partial charge in [0.15, 0.2) is 0 Å². The lowest BCUT2D eigenvalue weighted by atomic mass is 9.95. The molecule has 0 bridgehead atoms. The van der Waals surface area contributed by atoms with Gasteiger partial charge in [0.25, 0.3) is 11.8 Å². The van der Waals surface area contributed by atoms with Gasteiger partial charge in [-0.05, 0) is 49.8 Å². The van der Waals surface area contributed by atoms with Crippen LogP contribution in [0.1, 0.15) is 42.1 Å². The topological polar surface area (TPSA) is 125 Å². The van der Waals surface area contributed by atoms with Gasteiger partial charge in [-0.3, -0.25) is 14.8 Å². The smallest absolute Gasteiger partial charge is 0.267 e. The van der Waals surface area contributed by atoms with Gasteiger partial charge in [0.1, 0.15) is 6.04 Å². The van der Waals surface area contributed by atoms with Crippen LogP contribution in [-0.2, 0) is 4.79 Å². The van der Waals surface area contributed by atoms with Gasteiger partial charge in [0.2, 0.25) is 0 Å². The molecule has 1 aliphatic carbocycles. The summed E-state index contributed by atoms with van der Waals surface area (Å²) in [5.74, 6) is -0.553. The van der Waals surface area contributed by atoms with Crippen molar-refractivity contribution in [2.75, 3.05) is 6.61 Å². The van der Waals surface area contributed by atoms with Crippen LogP contribution in [0.2, 0.25) is 0 Å². The first-order valence-corrected chi connectivity index (χ1v) is 7.52. The highest BCUT2D eigenvalue weighted by molar-refractivity contribution is 5.97. The number of carbonyl (C=O) groups is 2. The fourth-order valence-electron chi connectivity index (χ4n) is 2.61. The van der Waals surface area contributed by atoms with Gasteiger partial charge < -0.3 is 16.2 Å². The Morgan fingerprint density at radius 3 is 2.39 bits per heavy atom. The molecular weight excluding hydrogens is 298 g/mol. The molecular formula is C16H23N3O4. The van der Waals surface area contributed by atoms with Crippen molar-refractivity contribution < 1.29 is 19.9 Å². The predicted octanol–water partition coefficient (Wildman–Crippen LogP) is 0.124. The number of carbonyl (C=O) groups excluding carboxylic acids is 2. The van der Waals surface area contributed by atoms with Gasteiger partial charge in [-0.2, -0.15) is 0 Å². The lowest BCUT2D eigenvalue weighted by Gasteiger charge is -2.29. The first-order valence-electron chi connectivity index (χ1n) is 7.52. The highest BCUT2D eigenvalue weighted by Gasteiger charge is 2.37. The van der Waals surface area contributed by atoms with Crippen LogP contribution in [0.3, 0.4) is 0 Å². The average molecular weight is 321 g/mol. The monoisotopic (exact) mass is 321 g/mol. The molecule has 6 N–H and O–H groups in total. The maximum Gasteiger partial charge on any atom is 0.267 e. The molecule has 0 aromatic heterocycles. The van der Waals surface area contributed by atoms with E-state index < -0.39 is 23.4 Å². The number of aliphatic hydroxyl groups is 1. The molecule has 1 aromatic rings. The quantitative estimate of drug-likeness (QED) is 0.376. The second kappa shape index (κ2) is 6.66. The molecule has 126 valence electrons. The molecule has 7 heteroatoms. The molecule has 2 amide bonds. The first kappa shape index (κ1) is 17.4. The van der Waals surface area contributed by atoms with Crippen LogP contribution in [0.5, 0.6) is 0 Å². The number of benzene rings is 1. The standard InChI is InChI=1S/C16H23N3O4/c1-16(2,17)13(15(22)19-23)18-14(21)10-5-3-9(4-6-10)12-7-11(12)8-20/h3-6,11-13,20,23H,7-8,17H2,1-2H3,(H,18,21)(H,19,22)/t11?,12?,13-/m1/s1. The van der Waals surface area contributed by atoms with E-state index in [0.717, 1.165) is 12.0 Å². The number of nitrogens with two attached hydrogens (primary N) is 1. The van der Waals surface area contributed by atoms with E-state index in [-0.39, 0.29) is 6.61 Å². The fourth-order valence-corrected chi connectivity index (χ4v) is 2.61. The largest absolute Gasteiger partial charge is 0.396 e. The highest BCUT2D eigenvalue weighted by atomic mass is 16.5. The van der Waals surface area contributed by atoms with E-state index in [1.165, 1.54) is 5.48 Å². The van der Waals surface area contributed by atoms with Gasteiger partial charge in [0, 0.05) is 17.7 Å². The normalized spacial score (nSPS) is 21.4. The summed E-state index contributed by atoms with van der Waals surface area (Å²) in [6.45, 7) is 3.34. The summed E-state index contributed by atoms with van der Waals surface area (Å²) in [5.41, 5.74) is 7.84. The second-order valence-corrected chi connectivity index (χ2v) is 6.61. The minimum atomic E-state index is -1.07. The van der Waals surface area contributed by atoms with Gasteiger partial charge in [0.05, 0.1) is 0 Å². The summed E-state index contributed by atoms with van der Waals surface area (Å²) in [4.78, 5) is 23.9. The molecule has 2 unspecified atom stereocenters. The van der Waals surface area contributed by atoms with Crippen LogP contribution >= 0.6 is 0 Å². The van der Waals surface area contributed by atoms with Crippen LogP contribution in [0, 0.1) is 5.92 Å². The molecule has 1 fully saturated rings. The lowest BCUT2D eigenvalue weighted by Crippen LogP contribution is -2.61. The summed E-state index contributed by atoms with van der Waals surface area (Å²) < 4.78 is 0. The number of nitrogens with one attached hydrogen (secondary N) is 2. The molecule has 0 radical (unpaired) electrons. The minimum absolute atomic E-state index is 0.177. The van der Waals surface area contributed by atoms with Crippen molar-refractivity contribution >= 4 is 11.8 Å². The van der Waals surface area contributed by atoms with E-state index in [1.54, 1.807) is 26.0 Å². The number of hydrogen-bond donors (Lipinski definition) is 5. The molecule has 0 aliphatic heterocycles. The Hall–Kier alpha value is -1.96. The van der Waals surface area contributed by atoms with Crippen molar-refractivity contribution in [2.24, 2.45) is 11.7 Å². The molecule has 3 atom stereocenters. The van der Waals surface area contributed by atoms with Crippen LogP contribution in [0.25, 0.3) is 0 Å². The van der Waals surface area contributed by atoms with Crippen molar-refractivity contribution in [2.45, 2.75) is 37.8 Å². The first-order chi connectivity index (χ1) is 10.8. The molecule has 2 rings (SSSR count). The zero-order valence-corrected chi connectivity index (χ0v) is 13.2. The summed E-state index contributed by atoms with van der Waals surface area (Å²) in [6, 6.07) is 5.99. The third-order valence-corrected chi connectivity index (χ3v) is 4.15. The molecule has 0 saturated heterocycles. The Balaban J connectivity index is 2.06. The average Bonchev–Trinajstić information content (AvgIpc) is 3.30. The number of aliphatic hydroxyl groups excluding tert-OH is 1. The van der Waals surface area contributed by atoms with Gasteiger partial charge in [-0.25, -0.2) is 5.48 Å². The Labute approximate surface area is 134 Å². The zero-order valence-electron chi connectivity index (χ0n) is 13.2. The molecule has 0 spiro atoms. The maximum atomic E-state index is 12.3. The third kappa shape index (κ3) is 4.07. The van der Waals surface area contributed by atoms with Gasteiger partial charge in [-0.15, -0.1) is 0 Å². The summed E-state index contributed by atoms with van der Waals surface area (Å²) in [5, 5.41) is 20.4. The fraction of sp³-hybridized carbons (Fsp3) is 0.500. The third-order valence-electron chi connectivity index (χ3n) is 4.15. The Morgan fingerprint density at radius 2 is 1.96 bits per heavy atom.